The van der Waals surface area contributed by atoms with Crippen molar-refractivity contribution in [2.75, 3.05) is 46.4 Å². The van der Waals surface area contributed by atoms with Crippen molar-refractivity contribution in [3.8, 4) is 0 Å². The van der Waals surface area contributed by atoms with Gasteiger partial charge in [-0.3, -0.25) is 9.69 Å². The highest BCUT2D eigenvalue weighted by Gasteiger charge is 2.19. The molecule has 0 aromatic heterocycles. The van der Waals surface area contributed by atoms with Gasteiger partial charge >= 0.3 is 11.9 Å². The molecule has 0 saturated carbocycles. The molecule has 1 aliphatic rings. The Morgan fingerprint density at radius 3 is 2.38 bits per heavy atom. The minimum absolute atomic E-state index is 0.0616. The molecule has 6 heteroatoms. The van der Waals surface area contributed by atoms with Crippen LogP contribution in [-0.4, -0.2) is 74.2 Å². The molecule has 0 radical (unpaired) electrons. The number of carbonyl (C=O) groups excluding carboxylic acids is 2. The maximum Gasteiger partial charge on any atom is 0.334 e. The maximum atomic E-state index is 12.1. The SMILES string of the molecule is C=C(CC(=O)OC(CCC)CCCC)C(=O)OCCN1CCN(C)CC1. The van der Waals surface area contributed by atoms with Gasteiger partial charge in [0.05, 0.1) is 6.42 Å². The zero-order chi connectivity index (χ0) is 19.4. The summed E-state index contributed by atoms with van der Waals surface area (Å²) < 4.78 is 10.8. The molecule has 1 aliphatic heterocycles. The number of esters is 2. The lowest BCUT2D eigenvalue weighted by Crippen LogP contribution is -2.45. The number of hydrogen-bond donors (Lipinski definition) is 0. The lowest BCUT2D eigenvalue weighted by molar-refractivity contribution is -0.151. The Hall–Kier alpha value is -1.40. The number of hydrogen-bond acceptors (Lipinski definition) is 6. The Kier molecular flexibility index (Phi) is 11.2. The van der Waals surface area contributed by atoms with E-state index in [1.54, 1.807) is 0 Å². The summed E-state index contributed by atoms with van der Waals surface area (Å²) in [5.74, 6) is -0.891. The fourth-order valence-electron chi connectivity index (χ4n) is 2.93. The summed E-state index contributed by atoms with van der Waals surface area (Å²) in [6, 6.07) is 0. The first-order valence-corrected chi connectivity index (χ1v) is 9.91. The third-order valence-electron chi connectivity index (χ3n) is 4.67. The molecular weight excluding hydrogens is 332 g/mol. The van der Waals surface area contributed by atoms with Gasteiger partial charge < -0.3 is 14.4 Å². The lowest BCUT2D eigenvalue weighted by atomic mass is 10.1. The Labute approximate surface area is 158 Å². The number of unbranched alkanes of at least 4 members (excludes halogenated alkanes) is 1. The zero-order valence-electron chi connectivity index (χ0n) is 16.8. The standard InChI is InChI=1S/C20H36N2O4/c1-5-7-9-18(8-6-2)26-19(23)16-17(3)20(24)25-15-14-22-12-10-21(4)11-13-22/h18H,3,5-16H2,1-2,4H3. The Balaban J connectivity index is 2.25. The van der Waals surface area contributed by atoms with Crippen molar-refractivity contribution in [1.82, 2.24) is 9.80 Å². The first-order valence-electron chi connectivity index (χ1n) is 9.91. The maximum absolute atomic E-state index is 12.1. The second kappa shape index (κ2) is 12.9. The smallest absolute Gasteiger partial charge is 0.334 e. The summed E-state index contributed by atoms with van der Waals surface area (Å²) in [7, 11) is 2.10. The van der Waals surface area contributed by atoms with E-state index in [9.17, 15) is 9.59 Å². The molecule has 0 amide bonds. The summed E-state index contributed by atoms with van der Waals surface area (Å²) >= 11 is 0. The molecule has 1 unspecified atom stereocenters. The van der Waals surface area contributed by atoms with Crippen LogP contribution in [0.5, 0.6) is 0 Å². The molecule has 1 atom stereocenters. The van der Waals surface area contributed by atoms with Crippen LogP contribution in [0.1, 0.15) is 52.4 Å². The minimum Gasteiger partial charge on any atom is -0.462 e. The molecule has 0 bridgehead atoms. The van der Waals surface area contributed by atoms with E-state index in [0.717, 1.165) is 58.3 Å². The molecule has 0 spiro atoms. The number of carbonyl (C=O) groups is 2. The summed E-state index contributed by atoms with van der Waals surface area (Å²) in [5, 5.41) is 0. The van der Waals surface area contributed by atoms with Gasteiger partial charge in [0.1, 0.15) is 12.7 Å². The highest BCUT2D eigenvalue weighted by Crippen LogP contribution is 2.13. The first kappa shape index (κ1) is 22.6. The zero-order valence-corrected chi connectivity index (χ0v) is 16.8. The predicted octanol–water partition coefficient (Wildman–Crippen LogP) is 2.63. The van der Waals surface area contributed by atoms with Gasteiger partial charge in [0.15, 0.2) is 0 Å². The summed E-state index contributed by atoms with van der Waals surface area (Å²) in [6.07, 6.45) is 4.65. The van der Waals surface area contributed by atoms with E-state index in [-0.39, 0.29) is 24.1 Å². The van der Waals surface area contributed by atoms with Crippen LogP contribution in [0.25, 0.3) is 0 Å². The van der Waals surface area contributed by atoms with E-state index >= 15 is 0 Å². The van der Waals surface area contributed by atoms with Crippen molar-refractivity contribution >= 4 is 11.9 Å². The predicted molar refractivity (Wildman–Crippen MR) is 103 cm³/mol. The van der Waals surface area contributed by atoms with E-state index in [1.165, 1.54) is 0 Å². The minimum atomic E-state index is -0.503. The molecule has 1 rings (SSSR count). The van der Waals surface area contributed by atoms with Crippen molar-refractivity contribution < 1.29 is 19.1 Å². The van der Waals surface area contributed by atoms with Crippen LogP contribution in [-0.2, 0) is 19.1 Å². The van der Waals surface area contributed by atoms with Gasteiger partial charge in [-0.1, -0.05) is 39.7 Å². The van der Waals surface area contributed by atoms with Gasteiger partial charge in [0.25, 0.3) is 0 Å². The summed E-state index contributed by atoms with van der Waals surface area (Å²) in [4.78, 5) is 28.6. The van der Waals surface area contributed by atoms with Crippen LogP contribution in [0.3, 0.4) is 0 Å². The number of piperazine rings is 1. The Bertz CT molecular complexity index is 445. The topological polar surface area (TPSA) is 59.1 Å². The molecule has 6 nitrogen and oxygen atoms in total. The van der Waals surface area contributed by atoms with Gasteiger partial charge in [-0.15, -0.1) is 0 Å². The van der Waals surface area contributed by atoms with Crippen LogP contribution < -0.4 is 0 Å². The molecular formula is C20H36N2O4. The van der Waals surface area contributed by atoms with Gasteiger partial charge in [0, 0.05) is 38.3 Å². The average molecular weight is 369 g/mol. The first-order chi connectivity index (χ1) is 12.5. The molecule has 0 aromatic carbocycles. The molecule has 1 saturated heterocycles. The monoisotopic (exact) mass is 368 g/mol. The van der Waals surface area contributed by atoms with Crippen molar-refractivity contribution in [3.05, 3.63) is 12.2 Å². The third-order valence-corrected chi connectivity index (χ3v) is 4.67. The summed E-state index contributed by atoms with van der Waals surface area (Å²) in [5.41, 5.74) is 0.166. The quantitative estimate of drug-likeness (QED) is 0.390. The fraction of sp³-hybridized carbons (Fsp3) is 0.800. The number of likely N-dealkylation sites (N-methyl/N-ethyl adjacent to an activating group) is 1. The molecule has 0 aromatic rings. The molecule has 26 heavy (non-hydrogen) atoms. The molecule has 1 heterocycles. The van der Waals surface area contributed by atoms with E-state index in [2.05, 4.69) is 37.3 Å². The second-order valence-corrected chi connectivity index (χ2v) is 7.10. The van der Waals surface area contributed by atoms with Gasteiger partial charge in [-0.25, -0.2) is 4.79 Å². The van der Waals surface area contributed by atoms with Crippen molar-refractivity contribution in [3.63, 3.8) is 0 Å². The van der Waals surface area contributed by atoms with Crippen LogP contribution in [0.4, 0.5) is 0 Å². The highest BCUT2D eigenvalue weighted by molar-refractivity contribution is 5.93. The fourth-order valence-corrected chi connectivity index (χ4v) is 2.93. The number of rotatable bonds is 12. The van der Waals surface area contributed by atoms with Crippen LogP contribution in [0.15, 0.2) is 12.2 Å². The van der Waals surface area contributed by atoms with Crippen molar-refractivity contribution in [1.29, 1.82) is 0 Å². The third kappa shape index (κ3) is 9.34. The van der Waals surface area contributed by atoms with Gasteiger partial charge in [-0.2, -0.15) is 0 Å². The second-order valence-electron chi connectivity index (χ2n) is 7.10. The Morgan fingerprint density at radius 2 is 1.77 bits per heavy atom. The molecule has 150 valence electrons. The Morgan fingerprint density at radius 1 is 1.08 bits per heavy atom. The van der Waals surface area contributed by atoms with E-state index in [0.29, 0.717) is 13.2 Å². The van der Waals surface area contributed by atoms with Gasteiger partial charge in [0.2, 0.25) is 0 Å². The molecule has 0 N–H and O–H groups in total. The van der Waals surface area contributed by atoms with E-state index in [4.69, 9.17) is 9.47 Å². The largest absolute Gasteiger partial charge is 0.462 e. The number of nitrogens with zero attached hydrogens (tertiary/aromatic N) is 2. The van der Waals surface area contributed by atoms with E-state index in [1.807, 2.05) is 0 Å². The molecule has 0 aliphatic carbocycles. The van der Waals surface area contributed by atoms with E-state index < -0.39 is 5.97 Å². The number of ether oxygens (including phenoxy) is 2. The van der Waals surface area contributed by atoms with Crippen LogP contribution >= 0.6 is 0 Å². The highest BCUT2D eigenvalue weighted by atomic mass is 16.5. The normalized spacial score (nSPS) is 16.9. The van der Waals surface area contributed by atoms with Crippen LogP contribution in [0.2, 0.25) is 0 Å². The van der Waals surface area contributed by atoms with Crippen LogP contribution in [0, 0.1) is 0 Å². The van der Waals surface area contributed by atoms with Gasteiger partial charge in [-0.05, 0) is 19.9 Å². The summed E-state index contributed by atoms with van der Waals surface area (Å²) in [6.45, 7) is 12.9. The average Bonchev–Trinajstić information content (AvgIpc) is 2.61. The lowest BCUT2D eigenvalue weighted by Gasteiger charge is -2.32. The van der Waals surface area contributed by atoms with Crippen molar-refractivity contribution in [2.24, 2.45) is 0 Å². The molecule has 1 fully saturated rings. The van der Waals surface area contributed by atoms with Crippen molar-refractivity contribution in [2.45, 2.75) is 58.5 Å².